The van der Waals surface area contributed by atoms with E-state index in [0.717, 1.165) is 5.56 Å². The summed E-state index contributed by atoms with van der Waals surface area (Å²) in [4.78, 5) is 66.6. The number of hydrogen-bond donors (Lipinski definition) is 5. The Morgan fingerprint density at radius 3 is 1.92 bits per heavy atom. The summed E-state index contributed by atoms with van der Waals surface area (Å²) in [6.07, 6.45) is -3.00. The van der Waals surface area contributed by atoms with Gasteiger partial charge in [-0.2, -0.15) is 0 Å². The lowest BCUT2D eigenvalue weighted by atomic mass is 10.00. The normalized spacial score (nSPS) is 13.2. The van der Waals surface area contributed by atoms with Gasteiger partial charge in [0.05, 0.1) is 19.3 Å². The van der Waals surface area contributed by atoms with Crippen LogP contribution in [0.1, 0.15) is 93.1 Å². The van der Waals surface area contributed by atoms with Crippen LogP contribution in [0.4, 0.5) is 14.4 Å². The first-order valence-electron chi connectivity index (χ1n) is 16.3. The van der Waals surface area contributed by atoms with Gasteiger partial charge in [0, 0.05) is 13.0 Å². The number of benzene rings is 1. The highest BCUT2D eigenvalue weighted by molar-refractivity contribution is 6.01. The lowest BCUT2D eigenvalue weighted by molar-refractivity contribution is -0.145. The highest BCUT2D eigenvalue weighted by Gasteiger charge is 2.26. The van der Waals surface area contributed by atoms with Crippen LogP contribution in [0, 0.1) is 5.92 Å². The molecule has 4 amide bonds. The van der Waals surface area contributed by atoms with Crippen molar-refractivity contribution in [3.8, 4) is 0 Å². The molecule has 15 heteroatoms. The molecule has 0 spiro atoms. The van der Waals surface area contributed by atoms with Crippen LogP contribution in [0.5, 0.6) is 0 Å². The molecule has 1 rings (SSSR count). The Balaban J connectivity index is 3.00. The van der Waals surface area contributed by atoms with Crippen LogP contribution in [-0.2, 0) is 35.1 Å². The summed E-state index contributed by atoms with van der Waals surface area (Å²) in [7, 11) is 1.24. The van der Waals surface area contributed by atoms with Crippen molar-refractivity contribution in [2.75, 3.05) is 13.7 Å². The van der Waals surface area contributed by atoms with E-state index in [1.165, 1.54) is 7.11 Å². The average Bonchev–Trinajstić information content (AvgIpc) is 2.97. The van der Waals surface area contributed by atoms with Crippen LogP contribution in [-0.4, -0.2) is 84.3 Å². The first kappa shape index (κ1) is 42.6. The van der Waals surface area contributed by atoms with E-state index in [1.807, 2.05) is 32.0 Å². The molecule has 15 nitrogen and oxygen atoms in total. The fourth-order valence-electron chi connectivity index (χ4n) is 4.26. The van der Waals surface area contributed by atoms with Gasteiger partial charge in [0.15, 0.2) is 0 Å². The molecule has 1 aromatic carbocycles. The summed E-state index contributed by atoms with van der Waals surface area (Å²) in [6.45, 7) is 14.0. The van der Waals surface area contributed by atoms with Crippen molar-refractivity contribution in [1.82, 2.24) is 21.3 Å². The van der Waals surface area contributed by atoms with Crippen molar-refractivity contribution in [2.24, 2.45) is 10.9 Å². The molecule has 3 atom stereocenters. The first-order chi connectivity index (χ1) is 22.8. The molecule has 0 bridgehead atoms. The standard InChI is InChI=1S/C34H55N5O10/c1-22(2)20-25(28(42)46-9)36-27(41)18-17-26(40)24(37-30(43)47-21-23-14-11-10-12-15-23)16-13-19-35-29(38-31(44)48-33(3,4)5)39-32(45)49-34(6,7)8/h10-12,14-15,22,24-26,40H,13,16-21H2,1-9H3,(H,36,41)(H,37,43)(H2,35,38,39,44,45)/t24-,25-,26+/m0/s1. The van der Waals surface area contributed by atoms with E-state index in [4.69, 9.17) is 18.9 Å². The molecule has 0 saturated carbocycles. The topological polar surface area (TPSA) is 203 Å². The molecule has 0 aliphatic rings. The van der Waals surface area contributed by atoms with Crippen LogP contribution < -0.4 is 21.3 Å². The van der Waals surface area contributed by atoms with Gasteiger partial charge in [-0.3, -0.25) is 20.4 Å². The summed E-state index contributed by atoms with van der Waals surface area (Å²) in [6, 6.07) is 7.36. The monoisotopic (exact) mass is 693 g/mol. The van der Waals surface area contributed by atoms with Crippen molar-refractivity contribution < 1.29 is 48.0 Å². The number of rotatable bonds is 15. The molecule has 49 heavy (non-hydrogen) atoms. The van der Waals surface area contributed by atoms with Crippen LogP contribution in [0.2, 0.25) is 0 Å². The van der Waals surface area contributed by atoms with Crippen molar-refractivity contribution in [1.29, 1.82) is 0 Å². The lowest BCUT2D eigenvalue weighted by Gasteiger charge is -2.24. The molecule has 0 fully saturated rings. The zero-order chi connectivity index (χ0) is 37.2. The predicted molar refractivity (Wildman–Crippen MR) is 182 cm³/mol. The van der Waals surface area contributed by atoms with Gasteiger partial charge in [0.2, 0.25) is 11.9 Å². The molecule has 5 N–H and O–H groups in total. The first-order valence-corrected chi connectivity index (χ1v) is 16.3. The highest BCUT2D eigenvalue weighted by Crippen LogP contribution is 2.13. The number of hydrogen-bond acceptors (Lipinski definition) is 11. The fraction of sp³-hybridized carbons (Fsp3) is 0.647. The quantitative estimate of drug-likeness (QED) is 0.0579. The molecule has 0 aliphatic carbocycles. The number of esters is 1. The van der Waals surface area contributed by atoms with Gasteiger partial charge in [0.1, 0.15) is 23.9 Å². The third kappa shape index (κ3) is 20.5. The number of alkyl carbamates (subject to hydrolysis) is 3. The van der Waals surface area contributed by atoms with Crippen molar-refractivity contribution in [3.05, 3.63) is 35.9 Å². The number of carbonyl (C=O) groups is 5. The predicted octanol–water partition coefficient (Wildman–Crippen LogP) is 4.31. The zero-order valence-corrected chi connectivity index (χ0v) is 30.2. The van der Waals surface area contributed by atoms with E-state index in [2.05, 4.69) is 26.3 Å². The summed E-state index contributed by atoms with van der Waals surface area (Å²) in [5, 5.41) is 21.2. The van der Waals surface area contributed by atoms with Gasteiger partial charge in [-0.15, -0.1) is 0 Å². The number of guanidine groups is 1. The summed E-state index contributed by atoms with van der Waals surface area (Å²) < 4.78 is 20.6. The van der Waals surface area contributed by atoms with Crippen molar-refractivity contribution in [3.63, 3.8) is 0 Å². The molecule has 0 aromatic heterocycles. The lowest BCUT2D eigenvalue weighted by Crippen LogP contribution is -2.47. The van der Waals surface area contributed by atoms with Crippen molar-refractivity contribution in [2.45, 2.75) is 123 Å². The number of nitrogens with one attached hydrogen (secondary N) is 4. The maximum atomic E-state index is 12.7. The Morgan fingerprint density at radius 2 is 1.41 bits per heavy atom. The molecule has 0 heterocycles. The maximum Gasteiger partial charge on any atom is 0.414 e. The van der Waals surface area contributed by atoms with E-state index in [9.17, 15) is 29.1 Å². The summed E-state index contributed by atoms with van der Waals surface area (Å²) >= 11 is 0. The van der Waals surface area contributed by atoms with Crippen LogP contribution in [0.25, 0.3) is 0 Å². The number of methoxy groups -OCH3 is 1. The number of aliphatic hydroxyl groups is 1. The number of nitrogens with zero attached hydrogens (tertiary/aromatic N) is 1. The molecular weight excluding hydrogens is 638 g/mol. The molecule has 276 valence electrons. The Hall–Kier alpha value is -4.40. The van der Waals surface area contributed by atoms with E-state index < -0.39 is 59.5 Å². The number of aliphatic hydroxyl groups excluding tert-OH is 1. The number of amides is 4. The third-order valence-corrected chi connectivity index (χ3v) is 6.36. The highest BCUT2D eigenvalue weighted by atomic mass is 16.6. The van der Waals surface area contributed by atoms with Crippen LogP contribution in [0.3, 0.4) is 0 Å². The van der Waals surface area contributed by atoms with E-state index >= 15 is 0 Å². The van der Waals surface area contributed by atoms with Gasteiger partial charge in [-0.1, -0.05) is 44.2 Å². The largest absolute Gasteiger partial charge is 0.467 e. The second-order valence-electron chi connectivity index (χ2n) is 13.8. The van der Waals surface area contributed by atoms with Gasteiger partial charge in [0.25, 0.3) is 0 Å². The molecule has 1 aromatic rings. The zero-order valence-electron chi connectivity index (χ0n) is 30.2. The number of aliphatic imine (C=N–C) groups is 1. The molecular formula is C34H55N5O10. The van der Waals surface area contributed by atoms with Crippen LogP contribution in [0.15, 0.2) is 35.3 Å². The maximum absolute atomic E-state index is 12.7. The van der Waals surface area contributed by atoms with Crippen molar-refractivity contribution >= 4 is 36.1 Å². The minimum Gasteiger partial charge on any atom is -0.467 e. The Kier molecular flexibility index (Phi) is 18.1. The van der Waals surface area contributed by atoms with Gasteiger partial charge in [-0.25, -0.2) is 19.2 Å². The Bertz CT molecular complexity index is 1210. The summed E-state index contributed by atoms with van der Waals surface area (Å²) in [5.74, 6) is -1.12. The minimum atomic E-state index is -1.18. The van der Waals surface area contributed by atoms with Gasteiger partial charge in [-0.05, 0) is 78.7 Å². The molecule has 0 aliphatic heterocycles. The molecule has 0 saturated heterocycles. The third-order valence-electron chi connectivity index (χ3n) is 6.36. The minimum absolute atomic E-state index is 0.00296. The number of ether oxygens (including phenoxy) is 4. The Morgan fingerprint density at radius 1 is 0.837 bits per heavy atom. The molecule has 0 unspecified atom stereocenters. The van der Waals surface area contributed by atoms with Crippen LogP contribution >= 0.6 is 0 Å². The van der Waals surface area contributed by atoms with Gasteiger partial charge >= 0.3 is 24.2 Å². The average molecular weight is 694 g/mol. The summed E-state index contributed by atoms with van der Waals surface area (Å²) in [5.41, 5.74) is -0.849. The fourth-order valence-corrected chi connectivity index (χ4v) is 4.26. The van der Waals surface area contributed by atoms with Gasteiger partial charge < -0.3 is 34.7 Å². The van der Waals surface area contributed by atoms with E-state index in [1.54, 1.807) is 53.7 Å². The number of carbonyl (C=O) groups excluding carboxylic acids is 5. The smallest absolute Gasteiger partial charge is 0.414 e. The second-order valence-corrected chi connectivity index (χ2v) is 13.8. The van der Waals surface area contributed by atoms with E-state index in [-0.39, 0.29) is 50.7 Å². The SMILES string of the molecule is COC(=O)[C@H](CC(C)C)NC(=O)CC[C@@H](O)[C@H](CCCN=C(NC(=O)OC(C)(C)C)NC(=O)OC(C)(C)C)NC(=O)OCc1ccccc1. The van der Waals surface area contributed by atoms with E-state index in [0.29, 0.717) is 6.42 Å². The molecule has 0 radical (unpaired) electrons. The Labute approximate surface area is 289 Å². The second kappa shape index (κ2) is 20.9.